The summed E-state index contributed by atoms with van der Waals surface area (Å²) in [6, 6.07) is 2.61. The lowest BCUT2D eigenvalue weighted by atomic mass is 9.97. The number of carbonyl (C=O) groups is 3. The molecule has 1 heterocycles. The maximum absolute atomic E-state index is 14.3. The van der Waals surface area contributed by atoms with E-state index in [1.54, 1.807) is 0 Å². The second-order valence-electron chi connectivity index (χ2n) is 6.38. The van der Waals surface area contributed by atoms with E-state index in [2.05, 4.69) is 10.0 Å². The predicted octanol–water partition coefficient (Wildman–Crippen LogP) is 3.40. The molecule has 0 spiro atoms. The van der Waals surface area contributed by atoms with Crippen LogP contribution in [0.15, 0.2) is 28.2 Å². The number of hydrogen-bond donors (Lipinski definition) is 0. The van der Waals surface area contributed by atoms with Crippen LogP contribution in [-0.2, 0) is 33.3 Å². The molecule has 0 radical (unpaired) electrons. The van der Waals surface area contributed by atoms with Crippen molar-refractivity contribution in [3.05, 3.63) is 39.5 Å². The standard InChI is InChI=1S/C18H19ClFN3O7S/c1-8(24)27-7-13-16(28-9(2)25)15(22-23-21)17(29-10(3)26)18(30-13)31-14-6-11(19)4-5-12(14)20/h4-6,13,15-18H,7H2,1-3H3/t13?,15?,16-,17?,18+/m0/s1. The van der Waals surface area contributed by atoms with Crippen molar-refractivity contribution >= 4 is 41.3 Å². The van der Waals surface area contributed by atoms with Gasteiger partial charge in [0.1, 0.15) is 42.2 Å². The summed E-state index contributed by atoms with van der Waals surface area (Å²) in [6.45, 7) is 3.07. The van der Waals surface area contributed by atoms with Crippen LogP contribution in [0.25, 0.3) is 10.4 Å². The van der Waals surface area contributed by atoms with Gasteiger partial charge >= 0.3 is 17.9 Å². The molecule has 3 unspecified atom stereocenters. The Labute approximate surface area is 185 Å². The van der Waals surface area contributed by atoms with Gasteiger partial charge in [0.25, 0.3) is 0 Å². The first-order valence-electron chi connectivity index (χ1n) is 8.91. The van der Waals surface area contributed by atoms with Crippen molar-refractivity contribution in [1.82, 2.24) is 0 Å². The van der Waals surface area contributed by atoms with Gasteiger partial charge in [0.05, 0.1) is 0 Å². The molecule has 13 heteroatoms. The maximum Gasteiger partial charge on any atom is 0.303 e. The van der Waals surface area contributed by atoms with Crippen LogP contribution >= 0.6 is 23.4 Å². The van der Waals surface area contributed by atoms with Crippen molar-refractivity contribution in [3.63, 3.8) is 0 Å². The Morgan fingerprint density at radius 1 is 1.19 bits per heavy atom. The summed E-state index contributed by atoms with van der Waals surface area (Å²) in [5.41, 5.74) is 7.94. The quantitative estimate of drug-likeness (QED) is 0.192. The van der Waals surface area contributed by atoms with Gasteiger partial charge in [0.15, 0.2) is 0 Å². The fourth-order valence-electron chi connectivity index (χ4n) is 2.86. The summed E-state index contributed by atoms with van der Waals surface area (Å²) >= 11 is 6.76. The molecule has 168 valence electrons. The lowest BCUT2D eigenvalue weighted by Gasteiger charge is -2.43. The predicted molar refractivity (Wildman–Crippen MR) is 107 cm³/mol. The van der Waals surface area contributed by atoms with Crippen molar-refractivity contribution in [2.24, 2.45) is 5.11 Å². The molecule has 1 saturated heterocycles. The number of nitrogens with zero attached hydrogens (tertiary/aromatic N) is 3. The summed E-state index contributed by atoms with van der Waals surface area (Å²) in [5, 5.41) is 3.89. The van der Waals surface area contributed by atoms with Gasteiger partial charge < -0.3 is 18.9 Å². The normalized spacial score (nSPS) is 25.1. The van der Waals surface area contributed by atoms with Crippen LogP contribution in [0.4, 0.5) is 4.39 Å². The molecular weight excluding hydrogens is 457 g/mol. The average molecular weight is 476 g/mol. The number of rotatable bonds is 7. The van der Waals surface area contributed by atoms with Crippen LogP contribution in [0.2, 0.25) is 5.02 Å². The highest BCUT2D eigenvalue weighted by Gasteiger charge is 2.50. The third-order valence-electron chi connectivity index (χ3n) is 3.99. The van der Waals surface area contributed by atoms with Gasteiger partial charge in [0.2, 0.25) is 0 Å². The molecule has 0 saturated carbocycles. The second kappa shape index (κ2) is 11.2. The summed E-state index contributed by atoms with van der Waals surface area (Å²) < 4.78 is 35.7. The molecule has 31 heavy (non-hydrogen) atoms. The molecule has 1 aliphatic heterocycles. The third kappa shape index (κ3) is 7.00. The third-order valence-corrected chi connectivity index (χ3v) is 5.41. The van der Waals surface area contributed by atoms with E-state index in [0.717, 1.165) is 31.7 Å². The van der Waals surface area contributed by atoms with E-state index in [-0.39, 0.29) is 16.5 Å². The minimum absolute atomic E-state index is 0.0755. The Morgan fingerprint density at radius 3 is 2.42 bits per heavy atom. The number of esters is 3. The Hall–Kier alpha value is -2.53. The Bertz CT molecular complexity index is 899. The zero-order chi connectivity index (χ0) is 23.1. The average Bonchev–Trinajstić information content (AvgIpc) is 2.67. The van der Waals surface area contributed by atoms with Crippen LogP contribution in [0, 0.1) is 5.82 Å². The summed E-state index contributed by atoms with van der Waals surface area (Å²) in [5.74, 6) is -2.70. The van der Waals surface area contributed by atoms with Crippen molar-refractivity contribution in [1.29, 1.82) is 0 Å². The Morgan fingerprint density at radius 2 is 1.84 bits per heavy atom. The maximum atomic E-state index is 14.3. The molecule has 10 nitrogen and oxygen atoms in total. The summed E-state index contributed by atoms with van der Waals surface area (Å²) in [6.07, 6.45) is -3.58. The summed E-state index contributed by atoms with van der Waals surface area (Å²) in [4.78, 5) is 37.5. The minimum atomic E-state index is -1.25. The van der Waals surface area contributed by atoms with E-state index >= 15 is 0 Å². The van der Waals surface area contributed by atoms with Crippen LogP contribution in [0.3, 0.4) is 0 Å². The number of halogens is 2. The molecule has 0 aliphatic carbocycles. The van der Waals surface area contributed by atoms with E-state index < -0.39 is 53.5 Å². The van der Waals surface area contributed by atoms with E-state index in [0.29, 0.717) is 0 Å². The number of carbonyl (C=O) groups excluding carboxylic acids is 3. The summed E-state index contributed by atoms with van der Waals surface area (Å²) in [7, 11) is 0. The first-order chi connectivity index (χ1) is 14.6. The molecule has 1 aromatic carbocycles. The monoisotopic (exact) mass is 475 g/mol. The zero-order valence-electron chi connectivity index (χ0n) is 16.7. The van der Waals surface area contributed by atoms with Gasteiger partial charge in [-0.3, -0.25) is 14.4 Å². The van der Waals surface area contributed by atoms with Gasteiger partial charge in [-0.15, -0.1) is 0 Å². The van der Waals surface area contributed by atoms with Gasteiger partial charge in [-0.1, -0.05) is 28.5 Å². The molecular formula is C18H19ClFN3O7S. The molecule has 0 aromatic heterocycles. The van der Waals surface area contributed by atoms with Gasteiger partial charge in [-0.05, 0) is 23.7 Å². The first-order valence-corrected chi connectivity index (χ1v) is 10.2. The number of hydrogen-bond acceptors (Lipinski definition) is 9. The topological polar surface area (TPSA) is 137 Å². The first kappa shape index (κ1) is 24.7. The SMILES string of the molecule is CC(=O)OCC1O[C@H](Sc2cc(Cl)ccc2F)C(OC(C)=O)C(N=[N+]=[N-])[C@H]1OC(C)=O. The number of azide groups is 1. The minimum Gasteiger partial charge on any atom is -0.463 e. The molecule has 1 aromatic rings. The highest BCUT2D eigenvalue weighted by atomic mass is 35.5. The lowest BCUT2D eigenvalue weighted by Crippen LogP contribution is -2.59. The van der Waals surface area contributed by atoms with Crippen LogP contribution in [0.1, 0.15) is 20.8 Å². The number of ether oxygens (including phenoxy) is 4. The van der Waals surface area contributed by atoms with E-state index in [1.165, 1.54) is 19.1 Å². The van der Waals surface area contributed by atoms with Gasteiger partial charge in [0, 0.05) is 35.6 Å². The molecule has 0 bridgehead atoms. The molecule has 5 atom stereocenters. The van der Waals surface area contributed by atoms with Crippen molar-refractivity contribution in [3.8, 4) is 0 Å². The van der Waals surface area contributed by atoms with Gasteiger partial charge in [-0.25, -0.2) is 4.39 Å². The second-order valence-corrected chi connectivity index (χ2v) is 7.96. The van der Waals surface area contributed by atoms with Crippen molar-refractivity contribution in [2.75, 3.05) is 6.61 Å². The molecule has 1 aliphatic rings. The molecule has 0 N–H and O–H groups in total. The van der Waals surface area contributed by atoms with Crippen LogP contribution in [0.5, 0.6) is 0 Å². The van der Waals surface area contributed by atoms with E-state index in [4.69, 9.17) is 36.1 Å². The molecule has 0 amide bonds. The number of thioether (sulfide) groups is 1. The fraction of sp³-hybridized carbons (Fsp3) is 0.500. The lowest BCUT2D eigenvalue weighted by molar-refractivity contribution is -0.201. The van der Waals surface area contributed by atoms with E-state index in [1.807, 2.05) is 0 Å². The highest BCUT2D eigenvalue weighted by molar-refractivity contribution is 7.99. The largest absolute Gasteiger partial charge is 0.463 e. The fourth-order valence-corrected chi connectivity index (χ4v) is 4.27. The zero-order valence-corrected chi connectivity index (χ0v) is 18.3. The van der Waals surface area contributed by atoms with E-state index in [9.17, 15) is 18.8 Å². The Balaban J connectivity index is 2.47. The molecule has 2 rings (SSSR count). The smallest absolute Gasteiger partial charge is 0.303 e. The van der Waals surface area contributed by atoms with Gasteiger partial charge in [-0.2, -0.15) is 0 Å². The Kier molecular flexibility index (Phi) is 8.93. The van der Waals surface area contributed by atoms with Crippen LogP contribution in [-0.4, -0.2) is 54.3 Å². The number of benzene rings is 1. The van der Waals surface area contributed by atoms with Crippen molar-refractivity contribution < 1.29 is 37.7 Å². The molecule has 1 fully saturated rings. The van der Waals surface area contributed by atoms with Crippen LogP contribution < -0.4 is 0 Å². The van der Waals surface area contributed by atoms with Crippen molar-refractivity contribution in [2.45, 2.75) is 55.5 Å². The highest BCUT2D eigenvalue weighted by Crippen LogP contribution is 2.39.